The van der Waals surface area contributed by atoms with Gasteiger partial charge >= 0.3 is 0 Å². The maximum Gasteiger partial charge on any atom is 0.220 e. The van der Waals surface area contributed by atoms with Gasteiger partial charge in [0, 0.05) is 17.9 Å². The van der Waals surface area contributed by atoms with E-state index in [-0.39, 0.29) is 17.1 Å². The zero-order valence-electron chi connectivity index (χ0n) is 19.3. The molecule has 3 saturated carbocycles. The van der Waals surface area contributed by atoms with Gasteiger partial charge in [0.05, 0.1) is 5.71 Å². The maximum atomic E-state index is 14.5. The normalized spacial score (nSPS) is 35.8. The molecule has 0 spiro atoms. The van der Waals surface area contributed by atoms with Crippen LogP contribution in [0.4, 0.5) is 4.39 Å². The van der Waals surface area contributed by atoms with Crippen LogP contribution in [0, 0.1) is 29.0 Å². The number of hydrogen-bond donors (Lipinski definition) is 2. The quantitative estimate of drug-likeness (QED) is 0.448. The Morgan fingerprint density at radius 1 is 1.22 bits per heavy atom. The Balaban J connectivity index is 1.33. The number of oxime groups is 1. The maximum absolute atomic E-state index is 14.5. The standard InChI is InChI=1S/C27H37FN2O2/c1-27-15-14-20-19-8-5-9-23(28)21(19)11-12-22(20)26(27)17(16-24(27)30-32)10-13-25(31)29-18-6-3-2-4-7-18/h5,8-9,17-18,20,22,26,32H,2-4,6-7,10-16H2,1H3,(H,29,31)/b30-24+/t17-,20?,22?,26?,27-/m1/s1. The number of nitrogens with one attached hydrogen (secondary N) is 1. The minimum Gasteiger partial charge on any atom is -0.411 e. The molecule has 4 nitrogen and oxygen atoms in total. The lowest BCUT2D eigenvalue weighted by Crippen LogP contribution is -2.44. The average molecular weight is 441 g/mol. The molecule has 3 fully saturated rings. The van der Waals surface area contributed by atoms with Gasteiger partial charge in [0.2, 0.25) is 5.91 Å². The summed E-state index contributed by atoms with van der Waals surface area (Å²) in [5.74, 6) is 1.71. The second-order valence-electron chi connectivity index (χ2n) is 11.1. The molecule has 2 N–H and O–H groups in total. The van der Waals surface area contributed by atoms with Crippen LogP contribution < -0.4 is 5.32 Å². The molecule has 5 atom stereocenters. The molecule has 5 rings (SSSR count). The third-order valence-electron chi connectivity index (χ3n) is 9.43. The van der Waals surface area contributed by atoms with Crippen molar-refractivity contribution in [1.82, 2.24) is 5.32 Å². The predicted octanol–water partition coefficient (Wildman–Crippen LogP) is 5.97. The third-order valence-corrected chi connectivity index (χ3v) is 9.43. The van der Waals surface area contributed by atoms with E-state index in [1.807, 2.05) is 6.07 Å². The Morgan fingerprint density at radius 3 is 2.81 bits per heavy atom. The molecule has 3 unspecified atom stereocenters. The summed E-state index contributed by atoms with van der Waals surface area (Å²) < 4.78 is 14.5. The fourth-order valence-electron chi connectivity index (χ4n) is 7.94. The number of nitrogens with zero attached hydrogens (tertiary/aromatic N) is 1. The van der Waals surface area contributed by atoms with E-state index >= 15 is 0 Å². The lowest BCUT2D eigenvalue weighted by molar-refractivity contribution is -0.122. The first-order chi connectivity index (χ1) is 15.5. The van der Waals surface area contributed by atoms with E-state index in [9.17, 15) is 14.4 Å². The smallest absolute Gasteiger partial charge is 0.220 e. The van der Waals surface area contributed by atoms with Gasteiger partial charge in [0.1, 0.15) is 5.82 Å². The fraction of sp³-hybridized carbons (Fsp3) is 0.704. The monoisotopic (exact) mass is 440 g/mol. The highest BCUT2D eigenvalue weighted by Crippen LogP contribution is 2.62. The molecule has 1 amide bonds. The van der Waals surface area contributed by atoms with Crippen LogP contribution in [0.3, 0.4) is 0 Å². The lowest BCUT2D eigenvalue weighted by atomic mass is 9.54. The Hall–Kier alpha value is -1.91. The largest absolute Gasteiger partial charge is 0.411 e. The molecule has 32 heavy (non-hydrogen) atoms. The van der Waals surface area contributed by atoms with Crippen molar-refractivity contribution in [3.8, 4) is 0 Å². The van der Waals surface area contributed by atoms with Crippen LogP contribution in [0.5, 0.6) is 0 Å². The highest BCUT2D eigenvalue weighted by molar-refractivity contribution is 5.92. The van der Waals surface area contributed by atoms with Gasteiger partial charge in [-0.1, -0.05) is 43.5 Å². The molecular formula is C27H37FN2O2. The number of amides is 1. The van der Waals surface area contributed by atoms with E-state index in [4.69, 9.17) is 0 Å². The van der Waals surface area contributed by atoms with Crippen molar-refractivity contribution in [1.29, 1.82) is 0 Å². The summed E-state index contributed by atoms with van der Waals surface area (Å²) in [6, 6.07) is 5.92. The Morgan fingerprint density at radius 2 is 2.03 bits per heavy atom. The van der Waals surface area contributed by atoms with Gasteiger partial charge in [0.15, 0.2) is 0 Å². The Kier molecular flexibility index (Phi) is 6.02. The first kappa shape index (κ1) is 21.9. The molecule has 5 heteroatoms. The van der Waals surface area contributed by atoms with Gasteiger partial charge in [-0.15, -0.1) is 0 Å². The number of carbonyl (C=O) groups is 1. The van der Waals surface area contributed by atoms with Gasteiger partial charge in [0.25, 0.3) is 0 Å². The van der Waals surface area contributed by atoms with Crippen molar-refractivity contribution in [3.05, 3.63) is 35.1 Å². The summed E-state index contributed by atoms with van der Waals surface area (Å²) in [6.07, 6.45) is 11.9. The predicted molar refractivity (Wildman–Crippen MR) is 123 cm³/mol. The molecule has 0 aromatic heterocycles. The minimum atomic E-state index is -0.106. The van der Waals surface area contributed by atoms with E-state index in [2.05, 4.69) is 23.5 Å². The van der Waals surface area contributed by atoms with E-state index < -0.39 is 0 Å². The molecular weight excluding hydrogens is 403 g/mol. The van der Waals surface area contributed by atoms with Crippen molar-refractivity contribution in [2.75, 3.05) is 0 Å². The van der Waals surface area contributed by atoms with Crippen LogP contribution in [0.2, 0.25) is 0 Å². The summed E-state index contributed by atoms with van der Waals surface area (Å²) in [4.78, 5) is 12.7. The highest BCUT2D eigenvalue weighted by Gasteiger charge is 2.57. The number of carbonyl (C=O) groups excluding carboxylic acids is 1. The van der Waals surface area contributed by atoms with Crippen molar-refractivity contribution >= 4 is 11.6 Å². The van der Waals surface area contributed by atoms with Gasteiger partial charge in [-0.05, 0) is 92.2 Å². The first-order valence-corrected chi connectivity index (χ1v) is 12.8. The molecule has 174 valence electrons. The van der Waals surface area contributed by atoms with Crippen LogP contribution in [0.25, 0.3) is 0 Å². The average Bonchev–Trinajstić information content (AvgIpc) is 3.10. The molecule has 1 aromatic carbocycles. The summed E-state index contributed by atoms with van der Waals surface area (Å²) in [7, 11) is 0. The van der Waals surface area contributed by atoms with Crippen molar-refractivity contribution in [2.45, 2.75) is 95.9 Å². The van der Waals surface area contributed by atoms with Crippen LogP contribution in [-0.4, -0.2) is 22.9 Å². The fourth-order valence-corrected chi connectivity index (χ4v) is 7.94. The van der Waals surface area contributed by atoms with E-state index in [1.54, 1.807) is 6.07 Å². The SMILES string of the molecule is C[C@]12CCC3c4cccc(F)c4CCC3C1[C@H](CCC(=O)NC1CCCCC1)C/C2=N\O. The van der Waals surface area contributed by atoms with Crippen molar-refractivity contribution in [3.63, 3.8) is 0 Å². The number of benzene rings is 1. The van der Waals surface area contributed by atoms with Crippen LogP contribution in [-0.2, 0) is 11.2 Å². The van der Waals surface area contributed by atoms with Crippen molar-refractivity contribution < 1.29 is 14.4 Å². The Bertz CT molecular complexity index is 894. The molecule has 0 bridgehead atoms. The summed E-state index contributed by atoms with van der Waals surface area (Å²) in [5, 5.41) is 16.9. The molecule has 4 aliphatic carbocycles. The molecule has 0 heterocycles. The number of halogens is 1. The first-order valence-electron chi connectivity index (χ1n) is 12.8. The zero-order chi connectivity index (χ0) is 22.3. The second kappa shape index (κ2) is 8.79. The second-order valence-corrected chi connectivity index (χ2v) is 11.1. The molecule has 0 radical (unpaired) electrons. The van der Waals surface area contributed by atoms with Gasteiger partial charge in [-0.2, -0.15) is 0 Å². The summed E-state index contributed by atoms with van der Waals surface area (Å²) in [5.41, 5.74) is 2.93. The topological polar surface area (TPSA) is 61.7 Å². The van der Waals surface area contributed by atoms with Gasteiger partial charge in [-0.25, -0.2) is 4.39 Å². The number of fused-ring (bicyclic) bond motifs is 5. The highest BCUT2D eigenvalue weighted by atomic mass is 19.1. The van der Waals surface area contributed by atoms with E-state index in [1.165, 1.54) is 24.8 Å². The van der Waals surface area contributed by atoms with Gasteiger partial charge in [-0.3, -0.25) is 4.79 Å². The summed E-state index contributed by atoms with van der Waals surface area (Å²) >= 11 is 0. The zero-order valence-corrected chi connectivity index (χ0v) is 19.3. The van der Waals surface area contributed by atoms with Gasteiger partial charge < -0.3 is 10.5 Å². The molecule has 1 aromatic rings. The summed E-state index contributed by atoms with van der Waals surface area (Å²) in [6.45, 7) is 2.27. The third kappa shape index (κ3) is 3.76. The minimum absolute atomic E-state index is 0.0609. The molecule has 0 aliphatic heterocycles. The molecule has 4 aliphatic rings. The van der Waals surface area contributed by atoms with Crippen LogP contribution in [0.15, 0.2) is 23.4 Å². The molecule has 0 saturated heterocycles. The number of hydrogen-bond acceptors (Lipinski definition) is 3. The van der Waals surface area contributed by atoms with Crippen LogP contribution >= 0.6 is 0 Å². The lowest BCUT2D eigenvalue weighted by Gasteiger charge is -2.50. The number of rotatable bonds is 4. The van der Waals surface area contributed by atoms with Crippen LogP contribution in [0.1, 0.15) is 94.6 Å². The van der Waals surface area contributed by atoms with E-state index in [0.717, 1.165) is 62.6 Å². The van der Waals surface area contributed by atoms with E-state index in [0.29, 0.717) is 36.1 Å². The van der Waals surface area contributed by atoms with Crippen molar-refractivity contribution in [2.24, 2.45) is 28.3 Å². The Labute approximate surface area is 191 Å².